The monoisotopic (exact) mass is 357 g/mol. The molecule has 1 heterocycles. The third-order valence-corrected chi connectivity index (χ3v) is 2.62. The predicted octanol–water partition coefficient (Wildman–Crippen LogP) is 1.67. The lowest BCUT2D eigenvalue weighted by atomic mass is 10.0. The number of hydrogen-bond donors (Lipinski definition) is 2. The normalized spacial score (nSPS) is 17.7. The van der Waals surface area contributed by atoms with Crippen molar-refractivity contribution >= 4 is 29.9 Å². The van der Waals surface area contributed by atoms with Crippen LogP contribution in [0.4, 0.5) is 0 Å². The van der Waals surface area contributed by atoms with Gasteiger partial charge in [0.1, 0.15) is 12.3 Å². The molecule has 0 fully saturated rings. The lowest BCUT2D eigenvalue weighted by Crippen LogP contribution is -2.37. The second-order valence-electron chi connectivity index (χ2n) is 3.78. The molecule has 1 aromatic carbocycles. The van der Waals surface area contributed by atoms with Gasteiger partial charge in [-0.25, -0.2) is 4.99 Å². The molecule has 1 unspecified atom stereocenters. The largest absolute Gasteiger partial charge is 0.493 e. The van der Waals surface area contributed by atoms with Gasteiger partial charge in [-0.05, 0) is 6.07 Å². The Morgan fingerprint density at radius 3 is 3.11 bits per heavy atom. The van der Waals surface area contributed by atoms with Crippen LogP contribution in [0.15, 0.2) is 29.3 Å². The minimum Gasteiger partial charge on any atom is -0.493 e. The average Bonchev–Trinajstić information content (AvgIpc) is 2.37. The van der Waals surface area contributed by atoms with Crippen molar-refractivity contribution in [3.63, 3.8) is 0 Å². The van der Waals surface area contributed by atoms with Crippen LogP contribution in [0.3, 0.4) is 0 Å². The summed E-state index contributed by atoms with van der Waals surface area (Å²) in [7, 11) is 0. The third kappa shape index (κ3) is 3.53. The Morgan fingerprint density at radius 1 is 1.56 bits per heavy atom. The second kappa shape index (κ2) is 7.11. The summed E-state index contributed by atoms with van der Waals surface area (Å²) in [4.78, 5) is 4.02. The molecule has 1 atom stereocenters. The number of terminal acetylenes is 1. The number of guanidine groups is 1. The Labute approximate surface area is 124 Å². The smallest absolute Gasteiger partial charge is 0.190 e. The molecule has 0 bridgehead atoms. The van der Waals surface area contributed by atoms with Crippen molar-refractivity contribution in [2.24, 2.45) is 10.7 Å². The van der Waals surface area contributed by atoms with Crippen molar-refractivity contribution < 1.29 is 4.74 Å². The van der Waals surface area contributed by atoms with Gasteiger partial charge in [0.05, 0.1) is 12.6 Å². The highest BCUT2D eigenvalue weighted by Crippen LogP contribution is 2.31. The minimum absolute atomic E-state index is 0. The summed E-state index contributed by atoms with van der Waals surface area (Å²) in [6.45, 7) is 0.973. The number of fused-ring (bicyclic) bond motifs is 1. The SMILES string of the molecule is C#CCN=C(N)NC1CCOc2ccccc21.I. The van der Waals surface area contributed by atoms with Crippen molar-refractivity contribution in [3.05, 3.63) is 29.8 Å². The molecule has 3 N–H and O–H groups in total. The van der Waals surface area contributed by atoms with Crippen molar-refractivity contribution in [2.75, 3.05) is 13.2 Å². The molecule has 0 saturated heterocycles. The molecule has 0 saturated carbocycles. The molecule has 5 heteroatoms. The van der Waals surface area contributed by atoms with E-state index in [0.717, 1.165) is 17.7 Å². The quantitative estimate of drug-likeness (QED) is 0.366. The van der Waals surface area contributed by atoms with Gasteiger partial charge in [0.15, 0.2) is 5.96 Å². The number of nitrogens with zero attached hydrogens (tertiary/aromatic N) is 1. The van der Waals surface area contributed by atoms with Crippen LogP contribution in [-0.2, 0) is 0 Å². The zero-order valence-electron chi connectivity index (χ0n) is 9.93. The van der Waals surface area contributed by atoms with E-state index in [-0.39, 0.29) is 30.0 Å². The van der Waals surface area contributed by atoms with Crippen LogP contribution in [0.5, 0.6) is 5.75 Å². The molecule has 1 aliphatic heterocycles. The molecule has 4 nitrogen and oxygen atoms in total. The fourth-order valence-electron chi connectivity index (χ4n) is 1.85. The highest BCUT2D eigenvalue weighted by molar-refractivity contribution is 14.0. The van der Waals surface area contributed by atoms with Gasteiger partial charge in [-0.2, -0.15) is 0 Å². The zero-order chi connectivity index (χ0) is 12.1. The van der Waals surface area contributed by atoms with Crippen LogP contribution in [0.25, 0.3) is 0 Å². The van der Waals surface area contributed by atoms with Crippen LogP contribution in [-0.4, -0.2) is 19.1 Å². The van der Waals surface area contributed by atoms with Gasteiger partial charge >= 0.3 is 0 Å². The molecular formula is C13H16IN3O. The first-order valence-electron chi connectivity index (χ1n) is 5.53. The summed E-state index contributed by atoms with van der Waals surface area (Å²) in [6, 6.07) is 8.06. The molecule has 0 aromatic heterocycles. The Kier molecular flexibility index (Phi) is 5.78. The molecule has 0 amide bonds. The number of ether oxygens (including phenoxy) is 1. The number of rotatable bonds is 2. The number of para-hydroxylation sites is 1. The minimum atomic E-state index is 0. The van der Waals surface area contributed by atoms with E-state index in [2.05, 4.69) is 16.2 Å². The van der Waals surface area contributed by atoms with E-state index >= 15 is 0 Å². The van der Waals surface area contributed by atoms with Gasteiger partial charge < -0.3 is 15.8 Å². The number of nitrogens with one attached hydrogen (secondary N) is 1. The lowest BCUT2D eigenvalue weighted by Gasteiger charge is -2.26. The van der Waals surface area contributed by atoms with Gasteiger partial charge in [0, 0.05) is 12.0 Å². The van der Waals surface area contributed by atoms with E-state index < -0.39 is 0 Å². The van der Waals surface area contributed by atoms with Crippen LogP contribution in [0.2, 0.25) is 0 Å². The first-order chi connectivity index (χ1) is 8.31. The average molecular weight is 357 g/mol. The van der Waals surface area contributed by atoms with Crippen LogP contribution < -0.4 is 15.8 Å². The van der Waals surface area contributed by atoms with Crippen LogP contribution in [0.1, 0.15) is 18.0 Å². The van der Waals surface area contributed by atoms with Gasteiger partial charge in [-0.3, -0.25) is 0 Å². The first kappa shape index (κ1) is 14.6. The Morgan fingerprint density at radius 2 is 2.33 bits per heavy atom. The van der Waals surface area contributed by atoms with Gasteiger partial charge in [-0.15, -0.1) is 30.4 Å². The highest BCUT2D eigenvalue weighted by Gasteiger charge is 2.20. The van der Waals surface area contributed by atoms with E-state index in [0.29, 0.717) is 19.1 Å². The molecule has 0 radical (unpaired) electrons. The molecule has 96 valence electrons. The molecule has 0 spiro atoms. The summed E-state index contributed by atoms with van der Waals surface area (Å²) in [6.07, 6.45) is 5.99. The Balaban J connectivity index is 0.00000162. The summed E-state index contributed by atoms with van der Waals surface area (Å²) in [5.41, 5.74) is 6.86. The van der Waals surface area contributed by atoms with Gasteiger partial charge in [0.2, 0.25) is 0 Å². The topological polar surface area (TPSA) is 59.6 Å². The van der Waals surface area contributed by atoms with Crippen molar-refractivity contribution in [3.8, 4) is 18.1 Å². The van der Waals surface area contributed by atoms with E-state index in [1.54, 1.807) is 0 Å². The summed E-state index contributed by atoms with van der Waals surface area (Å²) < 4.78 is 5.56. The number of aliphatic imine (C=N–C) groups is 1. The molecule has 1 aromatic rings. The number of nitrogens with two attached hydrogens (primary N) is 1. The van der Waals surface area contributed by atoms with E-state index in [4.69, 9.17) is 16.9 Å². The number of halogens is 1. The van der Waals surface area contributed by atoms with Crippen molar-refractivity contribution in [2.45, 2.75) is 12.5 Å². The van der Waals surface area contributed by atoms with E-state index in [1.165, 1.54) is 0 Å². The zero-order valence-corrected chi connectivity index (χ0v) is 12.3. The maximum atomic E-state index is 5.75. The lowest BCUT2D eigenvalue weighted by molar-refractivity contribution is 0.262. The molecular weight excluding hydrogens is 341 g/mol. The summed E-state index contributed by atoms with van der Waals surface area (Å²) in [5, 5.41) is 3.16. The number of benzene rings is 1. The fraction of sp³-hybridized carbons (Fsp3) is 0.308. The maximum Gasteiger partial charge on any atom is 0.190 e. The first-order valence-corrected chi connectivity index (χ1v) is 5.53. The fourth-order valence-corrected chi connectivity index (χ4v) is 1.85. The molecule has 1 aliphatic rings. The maximum absolute atomic E-state index is 5.75. The van der Waals surface area contributed by atoms with Crippen LogP contribution in [0, 0.1) is 12.3 Å². The van der Waals surface area contributed by atoms with E-state index in [9.17, 15) is 0 Å². The van der Waals surface area contributed by atoms with Crippen LogP contribution >= 0.6 is 24.0 Å². The van der Waals surface area contributed by atoms with Gasteiger partial charge in [-0.1, -0.05) is 24.1 Å². The third-order valence-electron chi connectivity index (χ3n) is 2.62. The number of hydrogen-bond acceptors (Lipinski definition) is 2. The molecule has 0 aliphatic carbocycles. The molecule has 2 rings (SSSR count). The van der Waals surface area contributed by atoms with E-state index in [1.807, 2.05) is 24.3 Å². The molecule has 18 heavy (non-hydrogen) atoms. The Hall–Kier alpha value is -1.42. The standard InChI is InChI=1S/C13H15N3O.HI/c1-2-8-15-13(14)16-11-7-9-17-12-6-4-3-5-10(11)12;/h1,3-6,11H,7-9H2,(H3,14,15,16);1H. The summed E-state index contributed by atoms with van der Waals surface area (Å²) >= 11 is 0. The second-order valence-corrected chi connectivity index (χ2v) is 3.78. The predicted molar refractivity (Wildman–Crippen MR) is 83.2 cm³/mol. The van der Waals surface area contributed by atoms with Crippen molar-refractivity contribution in [1.82, 2.24) is 5.32 Å². The van der Waals surface area contributed by atoms with Crippen molar-refractivity contribution in [1.29, 1.82) is 0 Å². The highest BCUT2D eigenvalue weighted by atomic mass is 127. The Bertz CT molecular complexity index is 468. The van der Waals surface area contributed by atoms with Gasteiger partial charge in [0.25, 0.3) is 0 Å². The summed E-state index contributed by atoms with van der Waals surface area (Å²) in [5.74, 6) is 3.71.